The molecule has 0 aromatic carbocycles. The number of ether oxygens (including phenoxy) is 1. The van der Waals surface area contributed by atoms with Gasteiger partial charge in [-0.25, -0.2) is 8.42 Å². The molecule has 0 bridgehead atoms. The van der Waals surface area contributed by atoms with Crippen molar-refractivity contribution >= 4 is 15.8 Å². The second-order valence-electron chi connectivity index (χ2n) is 4.87. The van der Waals surface area contributed by atoms with Crippen LogP contribution in [0.2, 0.25) is 0 Å². The molecule has 0 N–H and O–H groups in total. The molecule has 0 saturated heterocycles. The van der Waals surface area contributed by atoms with Crippen LogP contribution in [0.4, 0.5) is 0 Å². The molecule has 0 aromatic heterocycles. The van der Waals surface area contributed by atoms with Gasteiger partial charge in [-0.1, -0.05) is 0 Å². The van der Waals surface area contributed by atoms with Crippen LogP contribution in [0.5, 0.6) is 0 Å². The van der Waals surface area contributed by atoms with Gasteiger partial charge in [0.15, 0.2) is 14.6 Å². The Hall–Kier alpha value is -1.09. The monoisotopic (exact) mass is 257 g/mol. The van der Waals surface area contributed by atoms with Crippen molar-refractivity contribution in [3.63, 3.8) is 0 Å². The van der Waals surface area contributed by atoms with E-state index in [0.717, 1.165) is 0 Å². The highest BCUT2D eigenvalue weighted by atomic mass is 32.2. The van der Waals surface area contributed by atoms with Gasteiger partial charge >= 0.3 is 5.97 Å². The highest BCUT2D eigenvalue weighted by Gasteiger charge is 2.64. The van der Waals surface area contributed by atoms with Crippen molar-refractivity contribution in [3.05, 3.63) is 0 Å². The Morgan fingerprint density at radius 1 is 1.35 bits per heavy atom. The molecule has 0 aromatic rings. The lowest BCUT2D eigenvalue weighted by atomic mass is 10.2. The molecule has 6 heteroatoms. The van der Waals surface area contributed by atoms with E-state index < -0.39 is 26.0 Å². The van der Waals surface area contributed by atoms with Crippen LogP contribution >= 0.6 is 0 Å². The van der Waals surface area contributed by atoms with Crippen LogP contribution in [-0.4, -0.2) is 31.5 Å². The Balaban J connectivity index is 2.16. The maximum Gasteiger partial charge on any atom is 0.327 e. The van der Waals surface area contributed by atoms with E-state index in [2.05, 4.69) is 0 Å². The van der Waals surface area contributed by atoms with Crippen molar-refractivity contribution in [2.24, 2.45) is 5.41 Å². The SMILES string of the molecule is CCOC(=O)C1(S(=O)(=O)CC2(C#N)CC2)CC1. The number of nitriles is 1. The van der Waals surface area contributed by atoms with Gasteiger partial charge in [0.05, 0.1) is 23.8 Å². The van der Waals surface area contributed by atoms with Crippen molar-refractivity contribution in [2.75, 3.05) is 12.4 Å². The van der Waals surface area contributed by atoms with Crippen LogP contribution in [-0.2, 0) is 19.4 Å². The minimum atomic E-state index is -3.57. The van der Waals surface area contributed by atoms with E-state index in [1.54, 1.807) is 6.92 Å². The molecular weight excluding hydrogens is 242 g/mol. The van der Waals surface area contributed by atoms with Gasteiger partial charge < -0.3 is 4.74 Å². The number of sulfone groups is 1. The third-order valence-corrected chi connectivity index (χ3v) is 6.20. The van der Waals surface area contributed by atoms with Gasteiger partial charge in [0.25, 0.3) is 0 Å². The minimum Gasteiger partial charge on any atom is -0.465 e. The zero-order valence-corrected chi connectivity index (χ0v) is 10.5. The second kappa shape index (κ2) is 3.70. The van der Waals surface area contributed by atoms with Crippen LogP contribution in [0, 0.1) is 16.7 Å². The Morgan fingerprint density at radius 3 is 2.29 bits per heavy atom. The minimum absolute atomic E-state index is 0.180. The summed E-state index contributed by atoms with van der Waals surface area (Å²) >= 11 is 0. The quantitative estimate of drug-likeness (QED) is 0.680. The summed E-state index contributed by atoms with van der Waals surface area (Å²) in [5.74, 6) is -0.844. The molecule has 0 radical (unpaired) electrons. The average Bonchev–Trinajstić information content (AvgIpc) is 3.13. The van der Waals surface area contributed by atoms with E-state index in [-0.39, 0.29) is 12.4 Å². The molecule has 0 amide bonds. The second-order valence-corrected chi connectivity index (χ2v) is 7.17. The molecule has 94 valence electrons. The van der Waals surface area contributed by atoms with Crippen LogP contribution < -0.4 is 0 Å². The van der Waals surface area contributed by atoms with E-state index >= 15 is 0 Å². The molecule has 2 rings (SSSR count). The lowest BCUT2D eigenvalue weighted by Gasteiger charge is -2.16. The first-order valence-electron chi connectivity index (χ1n) is 5.72. The summed E-state index contributed by atoms with van der Waals surface area (Å²) in [7, 11) is -3.57. The molecule has 0 aliphatic heterocycles. The Bertz CT molecular complexity index is 480. The van der Waals surface area contributed by atoms with E-state index in [4.69, 9.17) is 10.00 Å². The van der Waals surface area contributed by atoms with Crippen LogP contribution in [0.25, 0.3) is 0 Å². The maximum absolute atomic E-state index is 12.2. The van der Waals surface area contributed by atoms with E-state index in [9.17, 15) is 13.2 Å². The van der Waals surface area contributed by atoms with Gasteiger partial charge in [-0.05, 0) is 32.6 Å². The summed E-state index contributed by atoms with van der Waals surface area (Å²) < 4.78 is 27.9. The van der Waals surface area contributed by atoms with Gasteiger partial charge in [0, 0.05) is 0 Å². The topological polar surface area (TPSA) is 84.2 Å². The smallest absolute Gasteiger partial charge is 0.327 e. The Labute approximate surface area is 101 Å². The lowest BCUT2D eigenvalue weighted by molar-refractivity contribution is -0.143. The van der Waals surface area contributed by atoms with Crippen LogP contribution in [0.15, 0.2) is 0 Å². The number of nitrogens with zero attached hydrogens (tertiary/aromatic N) is 1. The zero-order chi connectivity index (χ0) is 12.7. The summed E-state index contributed by atoms with van der Waals surface area (Å²) in [4.78, 5) is 11.7. The van der Waals surface area contributed by atoms with Crippen molar-refractivity contribution in [2.45, 2.75) is 37.4 Å². The zero-order valence-electron chi connectivity index (χ0n) is 9.73. The molecule has 2 aliphatic rings. The molecule has 0 heterocycles. The van der Waals surface area contributed by atoms with Gasteiger partial charge in [0.1, 0.15) is 0 Å². The van der Waals surface area contributed by atoms with Crippen molar-refractivity contribution in [1.82, 2.24) is 0 Å². The maximum atomic E-state index is 12.2. The van der Waals surface area contributed by atoms with Crippen molar-refractivity contribution in [1.29, 1.82) is 5.26 Å². The number of esters is 1. The third kappa shape index (κ3) is 1.93. The predicted molar refractivity (Wildman–Crippen MR) is 59.7 cm³/mol. The van der Waals surface area contributed by atoms with Crippen LogP contribution in [0.1, 0.15) is 32.6 Å². The van der Waals surface area contributed by atoms with Crippen molar-refractivity contribution < 1.29 is 17.9 Å². The van der Waals surface area contributed by atoms with Gasteiger partial charge in [-0.3, -0.25) is 4.79 Å². The average molecular weight is 257 g/mol. The van der Waals surface area contributed by atoms with E-state index in [1.165, 1.54) is 0 Å². The highest BCUT2D eigenvalue weighted by molar-refractivity contribution is 7.94. The molecular formula is C11H15NO4S. The molecule has 0 unspecified atom stereocenters. The largest absolute Gasteiger partial charge is 0.465 e. The molecule has 2 saturated carbocycles. The number of hydrogen-bond acceptors (Lipinski definition) is 5. The summed E-state index contributed by atoms with van der Waals surface area (Å²) in [6, 6.07) is 2.05. The molecule has 5 nitrogen and oxygen atoms in total. The van der Waals surface area contributed by atoms with Crippen molar-refractivity contribution in [3.8, 4) is 6.07 Å². The molecule has 2 aliphatic carbocycles. The summed E-state index contributed by atoms with van der Waals surface area (Å²) in [5, 5.41) is 8.92. The third-order valence-electron chi connectivity index (χ3n) is 3.50. The van der Waals surface area contributed by atoms with Crippen LogP contribution in [0.3, 0.4) is 0 Å². The molecule has 0 spiro atoms. The number of carbonyl (C=O) groups is 1. The first kappa shape index (κ1) is 12.4. The van der Waals surface area contributed by atoms with Gasteiger partial charge in [-0.2, -0.15) is 5.26 Å². The normalized spacial score (nSPS) is 23.5. The van der Waals surface area contributed by atoms with E-state index in [0.29, 0.717) is 25.7 Å². The first-order chi connectivity index (χ1) is 7.91. The Morgan fingerprint density at radius 2 is 1.94 bits per heavy atom. The highest BCUT2D eigenvalue weighted by Crippen LogP contribution is 2.52. The molecule has 2 fully saturated rings. The molecule has 0 atom stereocenters. The predicted octanol–water partition coefficient (Wildman–Crippen LogP) is 0.801. The summed E-state index contributed by atoms with van der Waals surface area (Å²) in [6.45, 7) is 1.83. The summed E-state index contributed by atoms with van der Waals surface area (Å²) in [6.07, 6.45) is 1.88. The van der Waals surface area contributed by atoms with E-state index in [1.807, 2.05) is 6.07 Å². The standard InChI is InChI=1S/C11H15NO4S/c1-2-16-9(13)11(5-6-11)17(14,15)8-10(7-12)3-4-10/h2-6,8H2,1H3. The summed E-state index contributed by atoms with van der Waals surface area (Å²) in [5.41, 5.74) is -0.735. The fourth-order valence-corrected chi connectivity index (χ4v) is 4.35. The fourth-order valence-electron chi connectivity index (χ4n) is 1.96. The number of hydrogen-bond donors (Lipinski definition) is 0. The number of rotatable bonds is 5. The fraction of sp³-hybridized carbons (Fsp3) is 0.818. The van der Waals surface area contributed by atoms with Gasteiger partial charge in [0.2, 0.25) is 0 Å². The number of carbonyl (C=O) groups excluding carboxylic acids is 1. The van der Waals surface area contributed by atoms with Gasteiger partial charge in [-0.15, -0.1) is 0 Å². The molecule has 17 heavy (non-hydrogen) atoms. The lowest BCUT2D eigenvalue weighted by Crippen LogP contribution is -2.38. The first-order valence-corrected chi connectivity index (χ1v) is 7.37. The Kier molecular flexibility index (Phi) is 2.69.